The number of ether oxygens (including phenoxy) is 1. The lowest BCUT2D eigenvalue weighted by Gasteiger charge is -2.31. The lowest BCUT2D eigenvalue weighted by molar-refractivity contribution is -0.172. The Morgan fingerprint density at radius 3 is 2.84 bits per heavy atom. The highest BCUT2D eigenvalue weighted by Crippen LogP contribution is 2.48. The number of esters is 1. The molecule has 1 aromatic carbocycles. The number of aliphatic hydroxyl groups is 2. The van der Waals surface area contributed by atoms with Gasteiger partial charge < -0.3 is 24.8 Å². The summed E-state index contributed by atoms with van der Waals surface area (Å²) in [5.74, 6) is -1.37. The van der Waals surface area contributed by atoms with Gasteiger partial charge in [0, 0.05) is 33.2 Å². The number of benzene rings is 1. The zero-order chi connectivity index (χ0) is 26.4. The largest absolute Gasteiger partial charge is 0.458 e. The van der Waals surface area contributed by atoms with Crippen LogP contribution in [0.15, 0.2) is 21.8 Å². The fourth-order valence-corrected chi connectivity index (χ4v) is 6.79. The van der Waals surface area contributed by atoms with Gasteiger partial charge in [0.2, 0.25) is 5.91 Å². The number of hydrogen-bond acceptors (Lipinski definition) is 8. The van der Waals surface area contributed by atoms with Crippen molar-refractivity contribution in [2.75, 3.05) is 5.75 Å². The first kappa shape index (κ1) is 24.1. The Morgan fingerprint density at radius 2 is 2.14 bits per heavy atom. The summed E-state index contributed by atoms with van der Waals surface area (Å²) in [6.45, 7) is 4.61. The number of halogens is 1. The van der Waals surface area contributed by atoms with Crippen LogP contribution in [-0.2, 0) is 33.1 Å². The van der Waals surface area contributed by atoms with Crippen molar-refractivity contribution in [3.63, 3.8) is 0 Å². The third-order valence-electron chi connectivity index (χ3n) is 7.60. The summed E-state index contributed by atoms with van der Waals surface area (Å²) in [4.78, 5) is 44.0. The van der Waals surface area contributed by atoms with E-state index in [1.807, 2.05) is 0 Å². The molecule has 3 aliphatic heterocycles. The molecule has 0 unspecified atom stereocenters. The van der Waals surface area contributed by atoms with Crippen molar-refractivity contribution in [2.24, 2.45) is 0 Å². The summed E-state index contributed by atoms with van der Waals surface area (Å²) in [7, 11) is 0. The number of rotatable bonds is 3. The molecule has 3 aromatic rings. The number of nitrogens with one attached hydrogen (secondary N) is 1. The summed E-state index contributed by atoms with van der Waals surface area (Å²) < 4.78 is 21.5. The van der Waals surface area contributed by atoms with E-state index in [1.54, 1.807) is 19.9 Å². The molecule has 5 heterocycles. The summed E-state index contributed by atoms with van der Waals surface area (Å²) in [6, 6.07) is 2.43. The van der Waals surface area contributed by atoms with Crippen molar-refractivity contribution in [3.8, 4) is 11.4 Å². The van der Waals surface area contributed by atoms with Crippen LogP contribution in [0.1, 0.15) is 54.1 Å². The van der Waals surface area contributed by atoms with E-state index in [4.69, 9.17) is 9.72 Å². The summed E-state index contributed by atoms with van der Waals surface area (Å²) in [6.07, 6.45) is -1.20. The van der Waals surface area contributed by atoms with Crippen molar-refractivity contribution < 1.29 is 28.9 Å². The Balaban J connectivity index is 1.65. The first-order chi connectivity index (χ1) is 17.6. The molecular formula is C26H24FN3O6S. The van der Waals surface area contributed by atoms with E-state index in [0.717, 1.165) is 10.5 Å². The molecule has 37 heavy (non-hydrogen) atoms. The molecular weight excluding hydrogens is 501 g/mol. The van der Waals surface area contributed by atoms with Crippen LogP contribution >= 0.6 is 11.8 Å². The van der Waals surface area contributed by atoms with Gasteiger partial charge in [-0.1, -0.05) is 6.92 Å². The SMILES string of the molecule is CC[C@@]1(O)C(=O)OCc2c1cc1n(c2=O)Cc2c-1nc1cc(F)c(C)c3c1c2[C@@H](NC(=O)[C@H](C)O)CS3. The number of thioether (sulfide) groups is 1. The third kappa shape index (κ3) is 3.23. The Kier molecular flexibility index (Phi) is 5.28. The summed E-state index contributed by atoms with van der Waals surface area (Å²) in [5.41, 5.74) is 1.14. The lowest BCUT2D eigenvalue weighted by Crippen LogP contribution is -2.44. The molecule has 9 nitrogen and oxygen atoms in total. The quantitative estimate of drug-likeness (QED) is 0.347. The number of nitrogens with zero attached hydrogens (tertiary/aromatic N) is 2. The smallest absolute Gasteiger partial charge is 0.343 e. The van der Waals surface area contributed by atoms with E-state index in [-0.39, 0.29) is 30.7 Å². The van der Waals surface area contributed by atoms with Crippen LogP contribution in [0, 0.1) is 12.7 Å². The molecule has 0 fully saturated rings. The second kappa shape index (κ2) is 8.11. The van der Waals surface area contributed by atoms with Crippen LogP contribution in [0.3, 0.4) is 0 Å². The fourth-order valence-electron chi connectivity index (χ4n) is 5.53. The number of fused-ring (bicyclic) bond motifs is 5. The molecule has 0 saturated carbocycles. The first-order valence-electron chi connectivity index (χ1n) is 12.0. The molecule has 3 atom stereocenters. The minimum absolute atomic E-state index is 0.0174. The maximum atomic E-state index is 14.9. The molecule has 0 aliphatic carbocycles. The van der Waals surface area contributed by atoms with Gasteiger partial charge in [0.05, 0.1) is 35.1 Å². The fraction of sp³-hybridized carbons (Fsp3) is 0.385. The molecule has 1 amide bonds. The van der Waals surface area contributed by atoms with Crippen LogP contribution in [0.2, 0.25) is 0 Å². The number of cyclic esters (lactones) is 1. The topological polar surface area (TPSA) is 131 Å². The van der Waals surface area contributed by atoms with E-state index in [0.29, 0.717) is 39.2 Å². The average Bonchev–Trinajstić information content (AvgIpc) is 3.24. The minimum Gasteiger partial charge on any atom is -0.458 e. The number of hydrogen-bond donors (Lipinski definition) is 3. The Hall–Kier alpha value is -3.28. The zero-order valence-corrected chi connectivity index (χ0v) is 21.2. The minimum atomic E-state index is -1.96. The molecule has 3 aliphatic rings. The zero-order valence-electron chi connectivity index (χ0n) is 20.3. The first-order valence-corrected chi connectivity index (χ1v) is 13.0. The highest BCUT2D eigenvalue weighted by molar-refractivity contribution is 7.99. The van der Waals surface area contributed by atoms with Gasteiger partial charge >= 0.3 is 5.97 Å². The van der Waals surface area contributed by atoms with Gasteiger partial charge in [0.15, 0.2) is 5.60 Å². The Morgan fingerprint density at radius 1 is 1.38 bits per heavy atom. The predicted octanol–water partition coefficient (Wildman–Crippen LogP) is 2.17. The van der Waals surface area contributed by atoms with Crippen molar-refractivity contribution in [1.29, 1.82) is 0 Å². The monoisotopic (exact) mass is 525 g/mol. The van der Waals surface area contributed by atoms with Crippen molar-refractivity contribution in [1.82, 2.24) is 14.9 Å². The van der Waals surface area contributed by atoms with Gasteiger partial charge in [-0.25, -0.2) is 14.2 Å². The van der Waals surface area contributed by atoms with Crippen molar-refractivity contribution in [2.45, 2.75) is 63.0 Å². The Bertz CT molecular complexity index is 1620. The maximum absolute atomic E-state index is 14.9. The number of pyridine rings is 2. The summed E-state index contributed by atoms with van der Waals surface area (Å²) in [5, 5.41) is 24.5. The van der Waals surface area contributed by atoms with Crippen LogP contribution in [0.25, 0.3) is 22.3 Å². The predicted molar refractivity (Wildman–Crippen MR) is 133 cm³/mol. The standard InChI is InChI=1S/C26H24FN3O6S/c1-4-26(35)14-5-18-21-12(7-30(18)24(33)13(14)8-36-25(26)34)19-17(29-23(32)11(3)31)9-37-22-10(2)15(27)6-16(28-21)20(19)22/h5-6,11,17,31,35H,4,7-9H2,1-3H3,(H,29,32)/t11-,17-,26-/m0/s1. The average molecular weight is 526 g/mol. The van der Waals surface area contributed by atoms with Gasteiger partial charge in [-0.2, -0.15) is 0 Å². The molecule has 192 valence electrons. The molecule has 3 N–H and O–H groups in total. The molecule has 2 aromatic heterocycles. The Labute approximate surface area is 214 Å². The van der Waals surface area contributed by atoms with E-state index in [1.165, 1.54) is 29.3 Å². The summed E-state index contributed by atoms with van der Waals surface area (Å²) >= 11 is 1.41. The van der Waals surface area contributed by atoms with Gasteiger partial charge in [-0.15, -0.1) is 11.8 Å². The highest BCUT2D eigenvalue weighted by Gasteiger charge is 2.46. The molecule has 0 bridgehead atoms. The second-order valence-corrected chi connectivity index (χ2v) is 10.7. The van der Waals surface area contributed by atoms with Crippen LogP contribution in [0.5, 0.6) is 0 Å². The third-order valence-corrected chi connectivity index (χ3v) is 8.90. The maximum Gasteiger partial charge on any atom is 0.343 e. The van der Waals surface area contributed by atoms with Gasteiger partial charge in [-0.05, 0) is 37.5 Å². The number of carbonyl (C=O) groups excluding carboxylic acids is 2. The molecule has 6 rings (SSSR count). The highest BCUT2D eigenvalue weighted by atomic mass is 32.2. The number of amides is 1. The lowest BCUT2D eigenvalue weighted by atomic mass is 9.86. The van der Waals surface area contributed by atoms with Crippen LogP contribution in [0.4, 0.5) is 4.39 Å². The van der Waals surface area contributed by atoms with E-state index < -0.39 is 41.0 Å². The number of aromatic nitrogens is 2. The van der Waals surface area contributed by atoms with E-state index >= 15 is 0 Å². The van der Waals surface area contributed by atoms with Gasteiger partial charge in [0.1, 0.15) is 18.5 Å². The van der Waals surface area contributed by atoms with Crippen LogP contribution in [-0.4, -0.2) is 43.5 Å². The second-order valence-electron chi connectivity index (χ2n) is 9.71. The molecule has 0 saturated heterocycles. The van der Waals surface area contributed by atoms with Gasteiger partial charge in [0.25, 0.3) is 5.56 Å². The molecule has 0 radical (unpaired) electrons. The van der Waals surface area contributed by atoms with Crippen molar-refractivity contribution in [3.05, 3.63) is 56.1 Å². The number of carbonyl (C=O) groups is 2. The van der Waals surface area contributed by atoms with E-state index in [2.05, 4.69) is 5.32 Å². The normalized spacial score (nSPS) is 22.2. The van der Waals surface area contributed by atoms with E-state index in [9.17, 15) is 29.0 Å². The molecule has 11 heteroatoms. The number of aliphatic hydroxyl groups excluding tert-OH is 1. The van der Waals surface area contributed by atoms with Crippen LogP contribution < -0.4 is 10.9 Å². The van der Waals surface area contributed by atoms with Crippen molar-refractivity contribution >= 4 is 34.5 Å². The van der Waals surface area contributed by atoms with Gasteiger partial charge in [-0.3, -0.25) is 9.59 Å². The molecule has 0 spiro atoms.